The highest BCUT2D eigenvalue weighted by atomic mass is 32.1. The van der Waals surface area contributed by atoms with E-state index >= 15 is 0 Å². The molecule has 62 valence electrons. The van der Waals surface area contributed by atoms with Gasteiger partial charge in [-0.2, -0.15) is 9.61 Å². The quantitative estimate of drug-likeness (QED) is 0.655. The Hall–Kier alpha value is -1.27. The lowest BCUT2D eigenvalue weighted by Gasteiger charge is -1.93. The molecule has 0 amide bonds. The monoisotopic (exact) mass is 183 g/mol. The zero-order valence-electron chi connectivity index (χ0n) is 5.97. The minimum absolute atomic E-state index is 0.219. The summed E-state index contributed by atoms with van der Waals surface area (Å²) in [7, 11) is 0. The molecule has 6 heteroatoms. The Morgan fingerprint density at radius 3 is 3.25 bits per heavy atom. The highest BCUT2D eigenvalue weighted by molar-refractivity contribution is 7.14. The maximum Gasteiger partial charge on any atom is 0.275 e. The summed E-state index contributed by atoms with van der Waals surface area (Å²) < 4.78 is 1.20. The zero-order chi connectivity index (χ0) is 8.55. The van der Waals surface area contributed by atoms with Crippen LogP contribution in [0.5, 0.6) is 0 Å². The van der Waals surface area contributed by atoms with Crippen molar-refractivity contribution in [1.82, 2.24) is 14.6 Å². The fourth-order valence-corrected chi connectivity index (χ4v) is 1.52. The molecule has 1 N–H and O–H groups in total. The number of hydrogen-bond donors (Lipinski definition) is 1. The first kappa shape index (κ1) is 7.38. The smallest absolute Gasteiger partial charge is 0.275 e. The van der Waals surface area contributed by atoms with Crippen molar-refractivity contribution in [1.29, 1.82) is 0 Å². The van der Waals surface area contributed by atoms with Gasteiger partial charge in [0, 0.05) is 6.07 Å². The maximum absolute atomic E-state index is 11.2. The van der Waals surface area contributed by atoms with E-state index in [0.29, 0.717) is 10.7 Å². The molecule has 0 atom stereocenters. The highest BCUT2D eigenvalue weighted by Crippen LogP contribution is 2.03. The van der Waals surface area contributed by atoms with Crippen LogP contribution in [0.1, 0.15) is 5.69 Å². The summed E-state index contributed by atoms with van der Waals surface area (Å²) in [6.07, 6.45) is 0. The standard InChI is InChI=1S/C6H5N3O2S/c10-2-4-1-5(11)9-6(8-4)12-3-7-9/h1,3,10H,2H2. The van der Waals surface area contributed by atoms with Gasteiger partial charge in [-0.1, -0.05) is 11.3 Å². The first-order valence-electron chi connectivity index (χ1n) is 3.24. The van der Waals surface area contributed by atoms with Crippen LogP contribution in [0.25, 0.3) is 4.96 Å². The topological polar surface area (TPSA) is 67.5 Å². The zero-order valence-corrected chi connectivity index (χ0v) is 6.78. The van der Waals surface area contributed by atoms with Gasteiger partial charge in [-0.15, -0.1) is 0 Å². The molecule has 0 saturated carbocycles. The van der Waals surface area contributed by atoms with Crippen molar-refractivity contribution >= 4 is 16.3 Å². The van der Waals surface area contributed by atoms with Gasteiger partial charge in [0.1, 0.15) is 5.51 Å². The van der Waals surface area contributed by atoms with Gasteiger partial charge in [0.25, 0.3) is 5.56 Å². The average molecular weight is 183 g/mol. The Morgan fingerprint density at radius 2 is 2.50 bits per heavy atom. The summed E-state index contributed by atoms with van der Waals surface area (Å²) in [5.41, 5.74) is 1.65. The molecule has 0 aromatic carbocycles. The molecule has 2 aromatic heterocycles. The summed E-state index contributed by atoms with van der Waals surface area (Å²) in [4.78, 5) is 15.7. The summed E-state index contributed by atoms with van der Waals surface area (Å²) in [5, 5.41) is 12.5. The number of aliphatic hydroxyl groups excluding tert-OH is 1. The minimum Gasteiger partial charge on any atom is -0.390 e. The van der Waals surface area contributed by atoms with E-state index in [1.165, 1.54) is 27.4 Å². The predicted octanol–water partition coefficient (Wildman–Crippen LogP) is -0.357. The van der Waals surface area contributed by atoms with Crippen LogP contribution >= 0.6 is 11.3 Å². The van der Waals surface area contributed by atoms with Crippen molar-refractivity contribution in [2.45, 2.75) is 6.61 Å². The SMILES string of the molecule is O=c1cc(CO)nc2scnn12. The Labute approximate surface area is 70.9 Å². The number of aliphatic hydroxyl groups is 1. The lowest BCUT2D eigenvalue weighted by molar-refractivity contribution is 0.277. The van der Waals surface area contributed by atoms with Crippen molar-refractivity contribution < 1.29 is 5.11 Å². The average Bonchev–Trinajstić information content (AvgIpc) is 2.52. The van der Waals surface area contributed by atoms with Crippen molar-refractivity contribution in [3.8, 4) is 0 Å². The van der Waals surface area contributed by atoms with Crippen molar-refractivity contribution in [2.24, 2.45) is 0 Å². The van der Waals surface area contributed by atoms with Crippen LogP contribution < -0.4 is 5.56 Å². The lowest BCUT2D eigenvalue weighted by atomic mass is 10.4. The molecule has 0 radical (unpaired) electrons. The van der Waals surface area contributed by atoms with Gasteiger partial charge in [0.05, 0.1) is 12.3 Å². The third kappa shape index (κ3) is 1.01. The number of fused-ring (bicyclic) bond motifs is 1. The van der Waals surface area contributed by atoms with Crippen LogP contribution in [0.3, 0.4) is 0 Å². The van der Waals surface area contributed by atoms with E-state index in [2.05, 4.69) is 10.1 Å². The molecule has 0 unspecified atom stereocenters. The Morgan fingerprint density at radius 1 is 1.67 bits per heavy atom. The molecule has 0 aliphatic heterocycles. The summed E-state index contributed by atoms with van der Waals surface area (Å²) in [5.74, 6) is 0. The first-order valence-corrected chi connectivity index (χ1v) is 4.12. The Bertz CT molecular complexity index is 461. The maximum atomic E-state index is 11.2. The van der Waals surface area contributed by atoms with E-state index < -0.39 is 0 Å². The van der Waals surface area contributed by atoms with Crippen molar-refractivity contribution in [3.05, 3.63) is 27.6 Å². The van der Waals surface area contributed by atoms with Crippen LogP contribution in [-0.2, 0) is 6.61 Å². The minimum atomic E-state index is -0.259. The molecule has 2 heterocycles. The largest absolute Gasteiger partial charge is 0.390 e. The molecule has 0 fully saturated rings. The molecule has 0 aliphatic carbocycles. The molecule has 0 saturated heterocycles. The van der Waals surface area contributed by atoms with Gasteiger partial charge in [0.2, 0.25) is 4.96 Å². The van der Waals surface area contributed by atoms with E-state index in [1.54, 1.807) is 0 Å². The van der Waals surface area contributed by atoms with Gasteiger partial charge in [-0.3, -0.25) is 4.79 Å². The molecular weight excluding hydrogens is 178 g/mol. The summed E-state index contributed by atoms with van der Waals surface area (Å²) in [6, 6.07) is 1.27. The van der Waals surface area contributed by atoms with Crippen LogP contribution in [-0.4, -0.2) is 19.7 Å². The number of nitrogens with zero attached hydrogens (tertiary/aromatic N) is 3. The second-order valence-electron chi connectivity index (χ2n) is 2.18. The summed E-state index contributed by atoms with van der Waals surface area (Å²) >= 11 is 1.26. The third-order valence-electron chi connectivity index (χ3n) is 1.40. The number of hydrogen-bond acceptors (Lipinski definition) is 5. The molecule has 0 spiro atoms. The van der Waals surface area contributed by atoms with E-state index in [-0.39, 0.29) is 12.2 Å². The van der Waals surface area contributed by atoms with Gasteiger partial charge in [0.15, 0.2) is 0 Å². The number of aromatic nitrogens is 3. The molecule has 2 aromatic rings. The van der Waals surface area contributed by atoms with Crippen LogP contribution in [0.2, 0.25) is 0 Å². The second kappa shape index (κ2) is 2.65. The van der Waals surface area contributed by atoms with E-state index in [4.69, 9.17) is 5.11 Å². The van der Waals surface area contributed by atoms with Crippen molar-refractivity contribution in [2.75, 3.05) is 0 Å². The molecule has 5 nitrogen and oxygen atoms in total. The first-order chi connectivity index (χ1) is 5.81. The van der Waals surface area contributed by atoms with Gasteiger partial charge in [-0.25, -0.2) is 4.98 Å². The lowest BCUT2D eigenvalue weighted by Crippen LogP contribution is -2.14. The molecule has 2 rings (SSSR count). The van der Waals surface area contributed by atoms with E-state index in [9.17, 15) is 4.79 Å². The molecule has 12 heavy (non-hydrogen) atoms. The van der Waals surface area contributed by atoms with E-state index in [1.807, 2.05) is 0 Å². The summed E-state index contributed by atoms with van der Waals surface area (Å²) in [6.45, 7) is -0.219. The Balaban J connectivity index is 2.84. The fourth-order valence-electron chi connectivity index (χ4n) is 0.882. The van der Waals surface area contributed by atoms with Crippen molar-refractivity contribution in [3.63, 3.8) is 0 Å². The molecular formula is C6H5N3O2S. The fraction of sp³-hybridized carbons (Fsp3) is 0.167. The second-order valence-corrected chi connectivity index (χ2v) is 2.99. The number of rotatable bonds is 1. The third-order valence-corrected chi connectivity index (χ3v) is 2.08. The Kier molecular flexibility index (Phi) is 1.63. The van der Waals surface area contributed by atoms with Gasteiger partial charge in [-0.05, 0) is 0 Å². The normalized spacial score (nSPS) is 10.8. The van der Waals surface area contributed by atoms with Crippen LogP contribution in [0, 0.1) is 0 Å². The molecule has 0 aliphatic rings. The van der Waals surface area contributed by atoms with E-state index in [0.717, 1.165) is 0 Å². The molecule has 0 bridgehead atoms. The van der Waals surface area contributed by atoms with Gasteiger partial charge < -0.3 is 5.11 Å². The predicted molar refractivity (Wildman–Crippen MR) is 43.1 cm³/mol. The van der Waals surface area contributed by atoms with Gasteiger partial charge >= 0.3 is 0 Å². The highest BCUT2D eigenvalue weighted by Gasteiger charge is 2.02. The van der Waals surface area contributed by atoms with Crippen LogP contribution in [0.4, 0.5) is 0 Å². The van der Waals surface area contributed by atoms with Crippen LogP contribution in [0.15, 0.2) is 16.4 Å².